The van der Waals surface area contributed by atoms with E-state index in [4.69, 9.17) is 4.74 Å². The van der Waals surface area contributed by atoms with Crippen molar-refractivity contribution in [2.75, 3.05) is 0 Å². The molecule has 0 heterocycles. The van der Waals surface area contributed by atoms with E-state index in [0.29, 0.717) is 6.10 Å². The third-order valence-electron chi connectivity index (χ3n) is 2.22. The number of ether oxygens (including phenoxy) is 1. The van der Waals surface area contributed by atoms with Crippen LogP contribution >= 0.6 is 0 Å². The van der Waals surface area contributed by atoms with Gasteiger partial charge in [0.15, 0.2) is 0 Å². The van der Waals surface area contributed by atoms with Crippen LogP contribution < -0.4 is 0 Å². The summed E-state index contributed by atoms with van der Waals surface area (Å²) in [5.41, 5.74) is 0. The highest BCUT2D eigenvalue weighted by Crippen LogP contribution is 2.20. The Hall–Kier alpha value is -0.720. The highest BCUT2D eigenvalue weighted by Gasteiger charge is 2.12. The van der Waals surface area contributed by atoms with Crippen LogP contribution in [0.15, 0.2) is 25.0 Å². The van der Waals surface area contributed by atoms with Crippen molar-refractivity contribution in [2.45, 2.75) is 44.6 Å². The maximum atomic E-state index is 5.56. The van der Waals surface area contributed by atoms with Crippen LogP contribution in [-0.4, -0.2) is 6.10 Å². The molecule has 12 heavy (non-hydrogen) atoms. The summed E-state index contributed by atoms with van der Waals surface area (Å²) in [7, 11) is 0. The zero-order valence-corrected chi connectivity index (χ0v) is 7.67. The average molecular weight is 166 g/mol. The van der Waals surface area contributed by atoms with Gasteiger partial charge >= 0.3 is 0 Å². The second-order valence-corrected chi connectivity index (χ2v) is 3.29. The molecule has 0 bridgehead atoms. The van der Waals surface area contributed by atoms with Crippen LogP contribution in [0.4, 0.5) is 0 Å². The Bertz CT molecular complexity index is 143. The predicted octanol–water partition coefficient (Wildman–Crippen LogP) is 3.43. The van der Waals surface area contributed by atoms with Gasteiger partial charge in [0.2, 0.25) is 0 Å². The summed E-state index contributed by atoms with van der Waals surface area (Å²) in [6, 6.07) is 0. The predicted molar refractivity (Wildman–Crippen MR) is 51.9 cm³/mol. The highest BCUT2D eigenvalue weighted by atomic mass is 16.5. The summed E-state index contributed by atoms with van der Waals surface area (Å²) in [5.74, 6) is 0. The van der Waals surface area contributed by atoms with Crippen molar-refractivity contribution in [3.05, 3.63) is 25.0 Å². The quantitative estimate of drug-likeness (QED) is 0.459. The fourth-order valence-electron chi connectivity index (χ4n) is 1.52. The van der Waals surface area contributed by atoms with Gasteiger partial charge in [-0.25, -0.2) is 0 Å². The molecular formula is C11H18O. The van der Waals surface area contributed by atoms with Crippen LogP contribution in [0.3, 0.4) is 0 Å². The highest BCUT2D eigenvalue weighted by molar-refractivity contribution is 4.84. The van der Waals surface area contributed by atoms with E-state index in [-0.39, 0.29) is 0 Å². The van der Waals surface area contributed by atoms with Gasteiger partial charge in [-0.2, -0.15) is 0 Å². The monoisotopic (exact) mass is 166 g/mol. The van der Waals surface area contributed by atoms with Crippen molar-refractivity contribution in [3.63, 3.8) is 0 Å². The molecule has 1 aliphatic carbocycles. The minimum absolute atomic E-state index is 0.486. The van der Waals surface area contributed by atoms with Crippen LogP contribution in [0.1, 0.15) is 38.5 Å². The molecule has 0 unspecified atom stereocenters. The molecule has 1 rings (SSSR count). The summed E-state index contributed by atoms with van der Waals surface area (Å²) in [4.78, 5) is 0. The van der Waals surface area contributed by atoms with Gasteiger partial charge in [-0.15, -0.1) is 6.58 Å². The van der Waals surface area contributed by atoms with Gasteiger partial charge in [0.25, 0.3) is 0 Å². The smallest absolute Gasteiger partial charge is 0.0978 e. The summed E-state index contributed by atoms with van der Waals surface area (Å²) < 4.78 is 5.56. The van der Waals surface area contributed by atoms with Crippen LogP contribution in [0, 0.1) is 0 Å². The maximum Gasteiger partial charge on any atom is 0.0978 e. The first-order valence-electron chi connectivity index (χ1n) is 4.85. The fourth-order valence-corrected chi connectivity index (χ4v) is 1.52. The van der Waals surface area contributed by atoms with Crippen LogP contribution in [0.2, 0.25) is 0 Å². The summed E-state index contributed by atoms with van der Waals surface area (Å²) in [6.07, 6.45) is 13.6. The van der Waals surface area contributed by atoms with Crippen LogP contribution in [0.25, 0.3) is 0 Å². The lowest BCUT2D eigenvalue weighted by Gasteiger charge is -2.20. The molecule has 1 saturated carbocycles. The van der Waals surface area contributed by atoms with Gasteiger partial charge in [0.1, 0.15) is 0 Å². The van der Waals surface area contributed by atoms with Gasteiger partial charge in [-0.3, -0.25) is 0 Å². The molecule has 0 amide bonds. The van der Waals surface area contributed by atoms with Crippen molar-refractivity contribution in [3.8, 4) is 0 Å². The van der Waals surface area contributed by atoms with Gasteiger partial charge in [0, 0.05) is 0 Å². The number of hydrogen-bond acceptors (Lipinski definition) is 1. The van der Waals surface area contributed by atoms with Gasteiger partial charge in [-0.1, -0.05) is 12.5 Å². The van der Waals surface area contributed by atoms with Crippen LogP contribution in [-0.2, 0) is 4.74 Å². The van der Waals surface area contributed by atoms with E-state index in [1.54, 1.807) is 0 Å². The Labute approximate surface area is 75.1 Å². The largest absolute Gasteiger partial charge is 0.498 e. The topological polar surface area (TPSA) is 9.23 Å². The van der Waals surface area contributed by atoms with E-state index >= 15 is 0 Å². The molecule has 0 aromatic heterocycles. The Kier molecular flexibility index (Phi) is 4.58. The van der Waals surface area contributed by atoms with E-state index in [1.807, 2.05) is 18.4 Å². The van der Waals surface area contributed by atoms with Gasteiger partial charge in [-0.05, 0) is 38.2 Å². The van der Waals surface area contributed by atoms with Crippen molar-refractivity contribution in [1.29, 1.82) is 0 Å². The first-order valence-corrected chi connectivity index (χ1v) is 4.85. The summed E-state index contributed by atoms with van der Waals surface area (Å²) >= 11 is 0. The summed E-state index contributed by atoms with van der Waals surface area (Å²) in [6.45, 7) is 3.64. The molecular weight excluding hydrogens is 148 g/mol. The second kappa shape index (κ2) is 5.87. The fraction of sp³-hybridized carbons (Fsp3) is 0.636. The van der Waals surface area contributed by atoms with E-state index in [0.717, 1.165) is 6.42 Å². The van der Waals surface area contributed by atoms with Crippen molar-refractivity contribution in [2.24, 2.45) is 0 Å². The lowest BCUT2D eigenvalue weighted by atomic mass is 9.98. The van der Waals surface area contributed by atoms with E-state index in [2.05, 4.69) is 6.58 Å². The number of allylic oxidation sites excluding steroid dienone is 2. The molecule has 68 valence electrons. The van der Waals surface area contributed by atoms with Crippen molar-refractivity contribution in [1.82, 2.24) is 0 Å². The molecule has 1 nitrogen and oxygen atoms in total. The Morgan fingerprint density at radius 1 is 1.25 bits per heavy atom. The standard InChI is InChI=1S/C11H18O/c1-2-3-7-10-12-11-8-5-4-6-9-11/h2,7,10-11H,1,3-6,8-9H2. The van der Waals surface area contributed by atoms with Gasteiger partial charge < -0.3 is 4.74 Å². The Morgan fingerprint density at radius 3 is 2.67 bits per heavy atom. The van der Waals surface area contributed by atoms with Gasteiger partial charge in [0.05, 0.1) is 12.4 Å². The van der Waals surface area contributed by atoms with E-state index in [1.165, 1.54) is 32.1 Å². The molecule has 0 aromatic rings. The summed E-state index contributed by atoms with van der Waals surface area (Å²) in [5, 5.41) is 0. The molecule has 0 atom stereocenters. The maximum absolute atomic E-state index is 5.56. The minimum atomic E-state index is 0.486. The molecule has 0 aromatic carbocycles. The second-order valence-electron chi connectivity index (χ2n) is 3.29. The Balaban J connectivity index is 2.08. The van der Waals surface area contributed by atoms with E-state index in [9.17, 15) is 0 Å². The normalized spacial score (nSPS) is 19.7. The SMILES string of the molecule is C=CCC=COC1CCCCC1. The minimum Gasteiger partial charge on any atom is -0.498 e. The number of rotatable bonds is 4. The first-order chi connectivity index (χ1) is 5.93. The third-order valence-corrected chi connectivity index (χ3v) is 2.22. The average Bonchev–Trinajstić information content (AvgIpc) is 2.14. The third kappa shape index (κ3) is 3.61. The van der Waals surface area contributed by atoms with E-state index < -0.39 is 0 Å². The molecule has 0 radical (unpaired) electrons. The van der Waals surface area contributed by atoms with Crippen molar-refractivity contribution < 1.29 is 4.74 Å². The molecule has 0 spiro atoms. The number of hydrogen-bond donors (Lipinski definition) is 0. The first kappa shape index (κ1) is 9.37. The zero-order valence-electron chi connectivity index (χ0n) is 7.67. The van der Waals surface area contributed by atoms with Crippen molar-refractivity contribution >= 4 is 0 Å². The lowest BCUT2D eigenvalue weighted by molar-refractivity contribution is 0.106. The zero-order chi connectivity index (χ0) is 8.65. The molecule has 0 N–H and O–H groups in total. The molecule has 0 saturated heterocycles. The lowest BCUT2D eigenvalue weighted by Crippen LogP contribution is -2.13. The molecule has 1 heteroatoms. The molecule has 0 aliphatic heterocycles. The Morgan fingerprint density at radius 2 is 2.00 bits per heavy atom. The van der Waals surface area contributed by atoms with Crippen LogP contribution in [0.5, 0.6) is 0 Å². The molecule has 1 aliphatic rings. The molecule has 1 fully saturated rings.